The second kappa shape index (κ2) is 8.64. The Balaban J connectivity index is 2.23. The molecule has 0 bridgehead atoms. The van der Waals surface area contributed by atoms with E-state index in [1.807, 2.05) is 0 Å². The Morgan fingerprint density at radius 2 is 1.00 bits per heavy atom. The summed E-state index contributed by atoms with van der Waals surface area (Å²) in [5, 5.41) is 0. The van der Waals surface area contributed by atoms with Crippen molar-refractivity contribution in [3.05, 3.63) is 71.8 Å². The van der Waals surface area contributed by atoms with Crippen LogP contribution in [0.3, 0.4) is 0 Å². The molecule has 0 N–H and O–H groups in total. The first-order valence-corrected chi connectivity index (χ1v) is 19.7. The van der Waals surface area contributed by atoms with E-state index in [-0.39, 0.29) is 0 Å². The Kier molecular flexibility index (Phi) is 7.23. The third-order valence-electron chi connectivity index (χ3n) is 5.27. The van der Waals surface area contributed by atoms with Crippen LogP contribution in [0, 0.1) is 0 Å². The fraction of sp³-hybridized carbons (Fsp3) is 0.500. The van der Waals surface area contributed by atoms with E-state index in [1.165, 1.54) is 20.0 Å². The number of benzene rings is 2. The maximum atomic E-state index is 2.57. The zero-order valence-electron chi connectivity index (χ0n) is 17.9. The first-order valence-electron chi connectivity index (χ1n) is 9.94. The molecule has 0 radical (unpaired) electrons. The van der Waals surface area contributed by atoms with Crippen molar-refractivity contribution < 1.29 is 0 Å². The molecule has 0 amide bonds. The minimum absolute atomic E-state index is 0.308. The summed E-state index contributed by atoms with van der Waals surface area (Å²) in [7, 11) is -1.03. The SMILES string of the molecule is CC(C)([CH2][Sn+]([CH2]C(C)(C)c1ccccc1)[CH2][Si](C)(C)C)c1ccccc1. The molecule has 0 nitrogen and oxygen atoms in total. The summed E-state index contributed by atoms with van der Waals surface area (Å²) in [4.78, 5) is 0. The monoisotopic (exact) mass is 473 g/mol. The standard InChI is InChI=1S/2C10H13.C4H11Si.Sn/c2*1-10(2,3)9-7-5-4-6-8-9;1-5(2,3)4;/h2*4-8H,1H2,2-3H3;1H2,2-4H3;/q;;;+1. The van der Waals surface area contributed by atoms with Gasteiger partial charge < -0.3 is 0 Å². The van der Waals surface area contributed by atoms with E-state index < -0.39 is 27.8 Å². The van der Waals surface area contributed by atoms with Gasteiger partial charge in [0.15, 0.2) is 0 Å². The van der Waals surface area contributed by atoms with Crippen LogP contribution in [0.25, 0.3) is 0 Å². The van der Waals surface area contributed by atoms with Gasteiger partial charge in [0.1, 0.15) is 0 Å². The summed E-state index contributed by atoms with van der Waals surface area (Å²) >= 11 is -1.57. The Morgan fingerprint density at radius 3 is 1.31 bits per heavy atom. The average Bonchev–Trinajstić information content (AvgIpc) is 2.54. The molecule has 2 rings (SSSR count). The molecule has 0 spiro atoms. The van der Waals surface area contributed by atoms with Crippen molar-refractivity contribution in [2.75, 3.05) is 0 Å². The zero-order valence-corrected chi connectivity index (χ0v) is 21.7. The second-order valence-corrected chi connectivity index (χ2v) is 25.1. The molecule has 0 aliphatic heterocycles. The molecule has 0 unspecified atom stereocenters. The van der Waals surface area contributed by atoms with Gasteiger partial charge in [0, 0.05) is 0 Å². The maximum absolute atomic E-state index is 2.57. The van der Waals surface area contributed by atoms with Crippen molar-refractivity contribution in [3.8, 4) is 0 Å². The summed E-state index contributed by atoms with van der Waals surface area (Å²) < 4.78 is 4.52. The molecule has 0 fully saturated rings. The van der Waals surface area contributed by atoms with Crippen molar-refractivity contribution in [1.82, 2.24) is 0 Å². The Labute approximate surface area is 170 Å². The molecule has 0 saturated heterocycles. The van der Waals surface area contributed by atoms with Crippen molar-refractivity contribution in [1.29, 1.82) is 0 Å². The zero-order chi connectivity index (χ0) is 19.4. The molecule has 2 aromatic rings. The van der Waals surface area contributed by atoms with Crippen molar-refractivity contribution in [2.45, 2.75) is 71.1 Å². The van der Waals surface area contributed by atoms with Gasteiger partial charge in [-0.3, -0.25) is 0 Å². The van der Waals surface area contributed by atoms with Crippen LogP contribution in [-0.2, 0) is 10.8 Å². The molecule has 140 valence electrons. The topological polar surface area (TPSA) is 0 Å². The quantitative estimate of drug-likeness (QED) is 0.354. The third kappa shape index (κ3) is 6.56. The van der Waals surface area contributed by atoms with Crippen LogP contribution in [0.1, 0.15) is 38.8 Å². The van der Waals surface area contributed by atoms with Crippen molar-refractivity contribution >= 4 is 27.8 Å². The number of hydrogen-bond donors (Lipinski definition) is 0. The van der Waals surface area contributed by atoms with Crippen LogP contribution in [0.2, 0.25) is 32.6 Å². The molecule has 0 atom stereocenters. The molecule has 2 aromatic carbocycles. The summed E-state index contributed by atoms with van der Waals surface area (Å²) in [5.74, 6) is 0. The first-order chi connectivity index (χ1) is 12.0. The fourth-order valence-corrected chi connectivity index (χ4v) is 29.6. The number of rotatable bonds is 8. The van der Waals surface area contributed by atoms with Gasteiger partial charge in [0.05, 0.1) is 0 Å². The summed E-state index contributed by atoms with van der Waals surface area (Å²) in [6, 6.07) is 22.4. The van der Waals surface area contributed by atoms with Crippen LogP contribution in [0.4, 0.5) is 0 Å². The van der Waals surface area contributed by atoms with Gasteiger partial charge >= 0.3 is 171 Å². The van der Waals surface area contributed by atoms with Crippen LogP contribution in [-0.4, -0.2) is 27.8 Å². The number of hydrogen-bond acceptors (Lipinski definition) is 0. The molecule has 0 aliphatic carbocycles. The molecular formula is C24H37SiSn+. The van der Waals surface area contributed by atoms with Crippen LogP contribution < -0.4 is 0 Å². The van der Waals surface area contributed by atoms with Crippen LogP contribution in [0.5, 0.6) is 0 Å². The average molecular weight is 472 g/mol. The van der Waals surface area contributed by atoms with Gasteiger partial charge in [-0.15, -0.1) is 0 Å². The molecule has 0 aliphatic rings. The summed E-state index contributed by atoms with van der Waals surface area (Å²) in [6.07, 6.45) is 0. The summed E-state index contributed by atoms with van der Waals surface area (Å²) in [5.41, 5.74) is 3.66. The van der Waals surface area contributed by atoms with Gasteiger partial charge in [0.25, 0.3) is 0 Å². The fourth-order valence-electron chi connectivity index (χ4n) is 4.17. The van der Waals surface area contributed by atoms with E-state index in [2.05, 4.69) is 108 Å². The predicted octanol–water partition coefficient (Wildman–Crippen LogP) is 7.31. The van der Waals surface area contributed by atoms with E-state index in [0.717, 1.165) is 0 Å². The van der Waals surface area contributed by atoms with E-state index in [9.17, 15) is 0 Å². The molecule has 26 heavy (non-hydrogen) atoms. The molecule has 0 heterocycles. The molecule has 0 saturated carbocycles. The molecule has 0 aromatic heterocycles. The summed E-state index contributed by atoms with van der Waals surface area (Å²) in [6.45, 7) is 17.6. The predicted molar refractivity (Wildman–Crippen MR) is 122 cm³/mol. The minimum atomic E-state index is -1.57. The van der Waals surface area contributed by atoms with Crippen molar-refractivity contribution in [2.24, 2.45) is 0 Å². The van der Waals surface area contributed by atoms with Gasteiger partial charge in [-0.05, 0) is 0 Å². The van der Waals surface area contributed by atoms with E-state index in [1.54, 1.807) is 4.06 Å². The van der Waals surface area contributed by atoms with E-state index in [4.69, 9.17) is 0 Å². The Bertz CT molecular complexity index is 615. The second-order valence-electron chi connectivity index (χ2n) is 10.3. The van der Waals surface area contributed by atoms with Gasteiger partial charge in [0.2, 0.25) is 0 Å². The van der Waals surface area contributed by atoms with E-state index >= 15 is 0 Å². The van der Waals surface area contributed by atoms with E-state index in [0.29, 0.717) is 10.8 Å². The first kappa shape index (κ1) is 21.8. The Hall–Kier alpha value is -0.544. The Morgan fingerprint density at radius 1 is 0.654 bits per heavy atom. The van der Waals surface area contributed by atoms with Gasteiger partial charge in [-0.1, -0.05) is 0 Å². The van der Waals surface area contributed by atoms with Gasteiger partial charge in [-0.25, -0.2) is 0 Å². The van der Waals surface area contributed by atoms with Crippen LogP contribution in [0.15, 0.2) is 60.7 Å². The normalized spacial score (nSPS) is 12.9. The van der Waals surface area contributed by atoms with Gasteiger partial charge in [-0.2, -0.15) is 0 Å². The molecule has 2 heteroatoms. The third-order valence-corrected chi connectivity index (χ3v) is 28.1. The molecular weight excluding hydrogens is 435 g/mol. The van der Waals surface area contributed by atoms with Crippen molar-refractivity contribution in [3.63, 3.8) is 0 Å². The van der Waals surface area contributed by atoms with Crippen LogP contribution >= 0.6 is 0 Å².